The van der Waals surface area contributed by atoms with Crippen molar-refractivity contribution in [3.63, 3.8) is 0 Å². The van der Waals surface area contributed by atoms with Gasteiger partial charge < -0.3 is 0 Å². The largest absolute Gasteiger partial charge is 0.0760 e. The van der Waals surface area contributed by atoms with Gasteiger partial charge in [0.25, 0.3) is 0 Å². The molecule has 0 amide bonds. The summed E-state index contributed by atoms with van der Waals surface area (Å²) in [6.07, 6.45) is -1.73. The zero-order valence-corrected chi connectivity index (χ0v) is 24.7. The SMILES string of the molecule is C[Si][Si]([Si](C)(C)c1ccccc1)([Si](C)(C)c1ccccc1)[Si](C)(C)c1ccccc1. The molecule has 0 bridgehead atoms. The van der Waals surface area contributed by atoms with E-state index < -0.39 is 28.9 Å². The van der Waals surface area contributed by atoms with Gasteiger partial charge in [-0.25, -0.2) is 0 Å². The van der Waals surface area contributed by atoms with E-state index in [9.17, 15) is 0 Å². The van der Waals surface area contributed by atoms with Crippen LogP contribution < -0.4 is 15.6 Å². The highest BCUT2D eigenvalue weighted by atomic mass is 30.2. The van der Waals surface area contributed by atoms with Crippen LogP contribution >= 0.6 is 0 Å². The third-order valence-corrected chi connectivity index (χ3v) is 98.5. The van der Waals surface area contributed by atoms with Crippen molar-refractivity contribution in [2.45, 2.75) is 45.8 Å². The van der Waals surface area contributed by atoms with E-state index in [2.05, 4.69) is 137 Å². The minimum Gasteiger partial charge on any atom is -0.0760 e. The van der Waals surface area contributed by atoms with Crippen LogP contribution in [0.3, 0.4) is 0 Å². The monoisotopic (exact) mass is 476 g/mol. The van der Waals surface area contributed by atoms with Crippen molar-refractivity contribution >= 4 is 53.5 Å². The highest BCUT2D eigenvalue weighted by Gasteiger charge is 2.66. The molecule has 0 N–H and O–H groups in total. The van der Waals surface area contributed by atoms with Crippen LogP contribution in [0.1, 0.15) is 0 Å². The van der Waals surface area contributed by atoms with Crippen molar-refractivity contribution < 1.29 is 0 Å². The van der Waals surface area contributed by atoms with Crippen molar-refractivity contribution in [2.75, 3.05) is 0 Å². The lowest BCUT2D eigenvalue weighted by atomic mass is 10.4. The number of benzene rings is 3. The van der Waals surface area contributed by atoms with Crippen LogP contribution in [0.4, 0.5) is 0 Å². The Bertz CT molecular complexity index is 825. The maximum atomic E-state index is 2.74. The van der Waals surface area contributed by atoms with Crippen LogP contribution in [0.5, 0.6) is 0 Å². The Morgan fingerprint density at radius 1 is 0.433 bits per heavy atom. The smallest absolute Gasteiger partial charge is 0.0674 e. The lowest BCUT2D eigenvalue weighted by Crippen LogP contribution is -2.94. The third-order valence-electron chi connectivity index (χ3n) is 7.67. The molecular weight excluding hydrogens is 441 g/mol. The van der Waals surface area contributed by atoms with E-state index in [-0.39, 0.29) is 0 Å². The molecule has 0 atom stereocenters. The summed E-state index contributed by atoms with van der Waals surface area (Å²) in [5.41, 5.74) is 0. The molecule has 3 rings (SSSR count). The Kier molecular flexibility index (Phi) is 6.79. The van der Waals surface area contributed by atoms with E-state index in [1.807, 2.05) is 0 Å². The molecule has 0 unspecified atom stereocenters. The molecule has 0 aliphatic rings. The first-order valence-corrected chi connectivity index (χ1v) is 27.5. The second kappa shape index (κ2) is 8.71. The van der Waals surface area contributed by atoms with Gasteiger partial charge in [0.05, 0.1) is 22.8 Å². The van der Waals surface area contributed by atoms with E-state index in [4.69, 9.17) is 0 Å². The van der Waals surface area contributed by atoms with E-state index in [0.717, 1.165) is 9.04 Å². The minimum absolute atomic E-state index is 1.07. The van der Waals surface area contributed by atoms with Crippen molar-refractivity contribution in [2.24, 2.45) is 0 Å². The fourth-order valence-electron chi connectivity index (χ4n) is 6.50. The van der Waals surface area contributed by atoms with Crippen molar-refractivity contribution in [1.29, 1.82) is 0 Å². The van der Waals surface area contributed by atoms with Crippen LogP contribution in [0, 0.1) is 0 Å². The van der Waals surface area contributed by atoms with Crippen molar-refractivity contribution in [3.8, 4) is 0 Å². The van der Waals surface area contributed by atoms with Crippen LogP contribution in [0.15, 0.2) is 91.0 Å². The maximum absolute atomic E-state index is 2.74. The Morgan fingerprint density at radius 2 is 0.667 bits per heavy atom. The molecule has 0 saturated carbocycles. The molecule has 3 aromatic carbocycles. The third kappa shape index (κ3) is 3.54. The summed E-state index contributed by atoms with van der Waals surface area (Å²) >= 11 is 0. The summed E-state index contributed by atoms with van der Waals surface area (Å²) < 4.78 is 0. The molecular formula is C25H36Si5. The van der Waals surface area contributed by atoms with E-state index in [0.29, 0.717) is 0 Å². The normalized spacial score (nSPS) is 13.3. The zero-order chi connectivity index (χ0) is 22.0. The quantitative estimate of drug-likeness (QED) is 0.431. The fourth-order valence-corrected chi connectivity index (χ4v) is 113. The molecule has 0 heterocycles. The predicted molar refractivity (Wildman–Crippen MR) is 148 cm³/mol. The van der Waals surface area contributed by atoms with Gasteiger partial charge in [-0.1, -0.05) is 152 Å². The van der Waals surface area contributed by atoms with Gasteiger partial charge in [0.2, 0.25) is 0 Å². The number of hydrogen-bond donors (Lipinski definition) is 0. The zero-order valence-electron chi connectivity index (χ0n) is 19.7. The summed E-state index contributed by atoms with van der Waals surface area (Å²) in [6.45, 7) is 19.0. The maximum Gasteiger partial charge on any atom is 0.0674 e. The Morgan fingerprint density at radius 3 is 0.867 bits per heavy atom. The predicted octanol–water partition coefficient (Wildman–Crippen LogP) is 4.77. The van der Waals surface area contributed by atoms with Gasteiger partial charge in [-0.2, -0.15) is 0 Å². The lowest BCUT2D eigenvalue weighted by molar-refractivity contribution is 1.70. The molecule has 0 spiro atoms. The van der Waals surface area contributed by atoms with Crippen LogP contribution in [-0.4, -0.2) is 38.0 Å². The Labute approximate surface area is 189 Å². The van der Waals surface area contributed by atoms with Crippen LogP contribution in [0.25, 0.3) is 0 Å². The molecule has 0 fully saturated rings. The molecule has 2 radical (unpaired) electrons. The van der Waals surface area contributed by atoms with Gasteiger partial charge in [0.1, 0.15) is 0 Å². The first kappa shape index (κ1) is 23.4. The first-order valence-electron chi connectivity index (χ1n) is 11.0. The van der Waals surface area contributed by atoms with Gasteiger partial charge in [-0.15, -0.1) is 0 Å². The van der Waals surface area contributed by atoms with Crippen LogP contribution in [-0.2, 0) is 0 Å². The van der Waals surface area contributed by atoms with Gasteiger partial charge in [-0.05, 0) is 0 Å². The van der Waals surface area contributed by atoms with E-state index >= 15 is 0 Å². The molecule has 156 valence electrons. The van der Waals surface area contributed by atoms with E-state index in [1.165, 1.54) is 0 Å². The standard InChI is InChI=1S/C25H36Si5/c1-26-30(27(2,3)23-17-11-8-12-18-23,28(4,5)24-19-13-9-14-20-24)29(6,7)25-21-15-10-16-22-25/h8-22H,1-7H3. The molecule has 0 aromatic heterocycles. The highest BCUT2D eigenvalue weighted by Crippen LogP contribution is 2.36. The summed E-state index contributed by atoms with van der Waals surface area (Å²) in [7, 11) is -4.09. The lowest BCUT2D eigenvalue weighted by Gasteiger charge is -2.60. The van der Waals surface area contributed by atoms with Gasteiger partial charge in [0.15, 0.2) is 0 Å². The Hall–Kier alpha value is -1.26. The van der Waals surface area contributed by atoms with Gasteiger partial charge >= 0.3 is 0 Å². The summed E-state index contributed by atoms with van der Waals surface area (Å²) in [5.74, 6) is 0. The molecule has 5 heteroatoms. The van der Waals surface area contributed by atoms with E-state index in [1.54, 1.807) is 15.6 Å². The second-order valence-electron chi connectivity index (χ2n) is 9.97. The van der Waals surface area contributed by atoms with Gasteiger partial charge in [-0.3, -0.25) is 0 Å². The van der Waals surface area contributed by atoms with Crippen LogP contribution in [0.2, 0.25) is 45.8 Å². The number of hydrogen-bond acceptors (Lipinski definition) is 0. The molecule has 30 heavy (non-hydrogen) atoms. The summed E-state index contributed by atoms with van der Waals surface area (Å²) in [4.78, 5) is 0. The first-order chi connectivity index (χ1) is 14.1. The van der Waals surface area contributed by atoms with Crippen molar-refractivity contribution in [1.82, 2.24) is 0 Å². The summed E-state index contributed by atoms with van der Waals surface area (Å²) in [5, 5.41) is 5.04. The molecule has 0 aliphatic heterocycles. The average molecular weight is 477 g/mol. The second-order valence-corrected chi connectivity index (χ2v) is 54.2. The van der Waals surface area contributed by atoms with Crippen molar-refractivity contribution in [3.05, 3.63) is 91.0 Å². The Balaban J connectivity index is 2.39. The molecule has 0 aliphatic carbocycles. The van der Waals surface area contributed by atoms with Gasteiger partial charge in [0, 0.05) is 15.2 Å². The molecule has 0 saturated heterocycles. The minimum atomic E-state index is -1.73. The molecule has 0 nitrogen and oxygen atoms in total. The number of rotatable bonds is 7. The fraction of sp³-hybridized carbons (Fsp3) is 0.280. The average Bonchev–Trinajstić information content (AvgIpc) is 2.76. The summed E-state index contributed by atoms with van der Waals surface area (Å²) in [6, 6.07) is 34.9. The topological polar surface area (TPSA) is 0 Å². The highest BCUT2D eigenvalue weighted by molar-refractivity contribution is 8.05. The molecule has 3 aromatic rings.